The summed E-state index contributed by atoms with van der Waals surface area (Å²) in [4.78, 5) is 14.9. The number of nitrogens with zero attached hydrogens (tertiary/aromatic N) is 1. The number of nitrogens with two attached hydrogens (primary N) is 1. The Morgan fingerprint density at radius 1 is 1.64 bits per heavy atom. The summed E-state index contributed by atoms with van der Waals surface area (Å²) in [5.41, 5.74) is 5.68. The van der Waals surface area contributed by atoms with Gasteiger partial charge in [-0.3, -0.25) is 4.79 Å². The molecule has 0 aliphatic carbocycles. The summed E-state index contributed by atoms with van der Waals surface area (Å²) in [6, 6.07) is 1.28. The van der Waals surface area contributed by atoms with Crippen LogP contribution in [0.15, 0.2) is 12.3 Å². The second kappa shape index (κ2) is 4.08. The second-order valence-electron chi connectivity index (χ2n) is 2.65. The van der Waals surface area contributed by atoms with Crippen molar-refractivity contribution < 1.29 is 14.8 Å². The van der Waals surface area contributed by atoms with E-state index in [4.69, 9.17) is 15.8 Å². The highest BCUT2D eigenvalue weighted by molar-refractivity contribution is 6.58. The van der Waals surface area contributed by atoms with Crippen molar-refractivity contribution in [1.29, 1.82) is 0 Å². The van der Waals surface area contributed by atoms with E-state index in [1.807, 2.05) is 0 Å². The van der Waals surface area contributed by atoms with Gasteiger partial charge in [0.1, 0.15) is 5.82 Å². The van der Waals surface area contributed by atoms with Gasteiger partial charge in [-0.05, 0) is 6.07 Å². The summed E-state index contributed by atoms with van der Waals surface area (Å²) in [6.07, 6.45) is 1.20. The first-order valence-electron chi connectivity index (χ1n) is 3.90. The number of rotatable bonds is 2. The monoisotopic (exact) mass is 195 g/mol. The van der Waals surface area contributed by atoms with Crippen molar-refractivity contribution in [3.8, 4) is 0 Å². The number of aromatic nitrogens is 1. The Balaban J connectivity index is 3.15. The quantitative estimate of drug-likeness (QED) is 0.397. The molecule has 1 aromatic rings. The lowest BCUT2D eigenvalue weighted by molar-refractivity contribution is 0.0964. The van der Waals surface area contributed by atoms with Gasteiger partial charge < -0.3 is 21.1 Å². The Labute approximate surface area is 80.9 Å². The Bertz CT molecular complexity index is 356. The van der Waals surface area contributed by atoms with Crippen molar-refractivity contribution in [3.05, 3.63) is 17.8 Å². The van der Waals surface area contributed by atoms with Crippen LogP contribution in [0.4, 0.5) is 5.82 Å². The van der Waals surface area contributed by atoms with Crippen molar-refractivity contribution >= 4 is 24.3 Å². The van der Waals surface area contributed by atoms with Crippen LogP contribution in [0.25, 0.3) is 0 Å². The highest BCUT2D eigenvalue weighted by atomic mass is 16.4. The van der Waals surface area contributed by atoms with Gasteiger partial charge in [0.05, 0.1) is 5.56 Å². The zero-order chi connectivity index (χ0) is 10.7. The molecule has 0 aliphatic rings. The van der Waals surface area contributed by atoms with Gasteiger partial charge >= 0.3 is 7.12 Å². The van der Waals surface area contributed by atoms with Gasteiger partial charge in [0.15, 0.2) is 0 Å². The van der Waals surface area contributed by atoms with E-state index in [1.165, 1.54) is 19.3 Å². The molecule has 7 heteroatoms. The fraction of sp³-hybridized carbons (Fsp3) is 0.143. The van der Waals surface area contributed by atoms with Gasteiger partial charge in [-0.2, -0.15) is 0 Å². The van der Waals surface area contributed by atoms with E-state index in [0.717, 1.165) is 0 Å². The minimum absolute atomic E-state index is 0.0498. The predicted molar refractivity (Wildman–Crippen MR) is 51.9 cm³/mol. The average molecular weight is 195 g/mol. The van der Waals surface area contributed by atoms with Gasteiger partial charge in [-0.25, -0.2) is 4.98 Å². The number of carbonyl (C=O) groups is 1. The number of hydrogen-bond acceptors (Lipinski definition) is 5. The Hall–Kier alpha value is -1.60. The summed E-state index contributed by atoms with van der Waals surface area (Å²) in [5, 5.41) is 20.0. The molecule has 0 saturated carbocycles. The first-order valence-corrected chi connectivity index (χ1v) is 3.90. The maximum Gasteiger partial charge on any atom is 0.490 e. The molecule has 1 rings (SSSR count). The number of nitrogens with one attached hydrogen (secondary N) is 1. The summed E-state index contributed by atoms with van der Waals surface area (Å²) in [6.45, 7) is 0. The molecule has 5 N–H and O–H groups in total. The molecule has 0 bridgehead atoms. The lowest BCUT2D eigenvalue weighted by atomic mass is 9.81. The van der Waals surface area contributed by atoms with Crippen molar-refractivity contribution in [3.63, 3.8) is 0 Å². The number of anilines is 1. The van der Waals surface area contributed by atoms with Crippen LogP contribution >= 0.6 is 0 Å². The van der Waals surface area contributed by atoms with Crippen LogP contribution in [0.2, 0.25) is 0 Å². The molecular weight excluding hydrogens is 185 g/mol. The third kappa shape index (κ3) is 2.01. The van der Waals surface area contributed by atoms with Crippen LogP contribution < -0.4 is 16.5 Å². The molecule has 0 spiro atoms. The van der Waals surface area contributed by atoms with Crippen molar-refractivity contribution in [2.45, 2.75) is 0 Å². The predicted octanol–water partition coefficient (Wildman–Crippen LogP) is -2.30. The third-order valence-corrected chi connectivity index (χ3v) is 1.71. The third-order valence-electron chi connectivity index (χ3n) is 1.71. The van der Waals surface area contributed by atoms with E-state index in [9.17, 15) is 4.79 Å². The first-order chi connectivity index (χ1) is 6.56. The first kappa shape index (κ1) is 10.5. The van der Waals surface area contributed by atoms with E-state index in [0.29, 0.717) is 0 Å². The highest BCUT2D eigenvalue weighted by Gasteiger charge is 2.16. The van der Waals surface area contributed by atoms with E-state index >= 15 is 0 Å². The van der Waals surface area contributed by atoms with E-state index < -0.39 is 13.0 Å². The number of carbonyl (C=O) groups excluding carboxylic acids is 1. The lowest BCUT2D eigenvalue weighted by Gasteiger charge is -2.05. The van der Waals surface area contributed by atoms with E-state index in [-0.39, 0.29) is 16.8 Å². The fourth-order valence-electron chi connectivity index (χ4n) is 0.949. The van der Waals surface area contributed by atoms with Crippen molar-refractivity contribution in [2.24, 2.45) is 0 Å². The Morgan fingerprint density at radius 2 is 2.29 bits per heavy atom. The van der Waals surface area contributed by atoms with Gasteiger partial charge in [0, 0.05) is 18.7 Å². The van der Waals surface area contributed by atoms with Crippen LogP contribution in [0.3, 0.4) is 0 Å². The number of amides is 1. The van der Waals surface area contributed by atoms with Crippen molar-refractivity contribution in [1.82, 2.24) is 10.3 Å². The summed E-state index contributed by atoms with van der Waals surface area (Å²) >= 11 is 0. The molecule has 1 heterocycles. The molecule has 0 radical (unpaired) electrons. The average Bonchev–Trinajstić information content (AvgIpc) is 2.17. The molecule has 74 valence electrons. The number of nitrogen functional groups attached to an aromatic ring is 1. The molecule has 0 aliphatic heterocycles. The molecule has 0 fully saturated rings. The molecule has 0 unspecified atom stereocenters. The van der Waals surface area contributed by atoms with E-state index in [2.05, 4.69) is 10.3 Å². The van der Waals surface area contributed by atoms with Crippen LogP contribution in [0.1, 0.15) is 10.4 Å². The molecular formula is C7H10BN3O3. The van der Waals surface area contributed by atoms with Gasteiger partial charge in [0.25, 0.3) is 5.91 Å². The minimum atomic E-state index is -1.66. The molecule has 0 atom stereocenters. The summed E-state index contributed by atoms with van der Waals surface area (Å²) in [5.74, 6) is -0.369. The minimum Gasteiger partial charge on any atom is -0.423 e. The Kier molecular flexibility index (Phi) is 3.05. The maximum absolute atomic E-state index is 11.2. The van der Waals surface area contributed by atoms with Gasteiger partial charge in [-0.1, -0.05) is 0 Å². The zero-order valence-corrected chi connectivity index (χ0v) is 7.56. The number of hydrogen-bond donors (Lipinski definition) is 4. The largest absolute Gasteiger partial charge is 0.490 e. The Morgan fingerprint density at radius 3 is 2.79 bits per heavy atom. The molecule has 1 amide bonds. The summed E-state index contributed by atoms with van der Waals surface area (Å²) < 4.78 is 0. The maximum atomic E-state index is 11.2. The lowest BCUT2D eigenvalue weighted by Crippen LogP contribution is -2.32. The summed E-state index contributed by atoms with van der Waals surface area (Å²) in [7, 11) is -0.212. The highest BCUT2D eigenvalue weighted by Crippen LogP contribution is 2.04. The van der Waals surface area contributed by atoms with E-state index in [1.54, 1.807) is 0 Å². The fourth-order valence-corrected chi connectivity index (χ4v) is 0.949. The van der Waals surface area contributed by atoms with Gasteiger partial charge in [0.2, 0.25) is 0 Å². The molecule has 14 heavy (non-hydrogen) atoms. The molecule has 0 saturated heterocycles. The SMILES string of the molecule is CNC(=O)c1cc(B(O)O)cnc1N. The van der Waals surface area contributed by atoms with Crippen LogP contribution in [0, 0.1) is 0 Å². The van der Waals surface area contributed by atoms with Crippen LogP contribution in [0.5, 0.6) is 0 Å². The molecule has 0 aromatic carbocycles. The number of pyridine rings is 1. The molecule has 6 nitrogen and oxygen atoms in total. The van der Waals surface area contributed by atoms with Crippen LogP contribution in [-0.4, -0.2) is 35.1 Å². The zero-order valence-electron chi connectivity index (χ0n) is 7.56. The normalized spacial score (nSPS) is 9.64. The van der Waals surface area contributed by atoms with Crippen LogP contribution in [-0.2, 0) is 0 Å². The topological polar surface area (TPSA) is 108 Å². The van der Waals surface area contributed by atoms with Gasteiger partial charge in [-0.15, -0.1) is 0 Å². The standard InChI is InChI=1S/C7H10BN3O3/c1-10-7(12)5-2-4(8(13)14)3-11-6(5)9/h2-3,13-14H,1H3,(H2,9,11)(H,10,12). The smallest absolute Gasteiger partial charge is 0.423 e. The van der Waals surface area contributed by atoms with Crippen molar-refractivity contribution in [2.75, 3.05) is 12.8 Å². The molecule has 1 aromatic heterocycles. The second-order valence-corrected chi connectivity index (χ2v) is 2.65.